The van der Waals surface area contributed by atoms with Gasteiger partial charge in [0.15, 0.2) is 0 Å². The van der Waals surface area contributed by atoms with Crippen LogP contribution in [0.15, 0.2) is 81.8 Å². The summed E-state index contributed by atoms with van der Waals surface area (Å²) < 4.78 is 64.8. The lowest BCUT2D eigenvalue weighted by atomic mass is 10.0. The van der Waals surface area contributed by atoms with Crippen LogP contribution < -0.4 is 0 Å². The van der Waals surface area contributed by atoms with Gasteiger partial charge in [0, 0.05) is 29.5 Å². The van der Waals surface area contributed by atoms with E-state index in [-0.39, 0.29) is 9.92 Å². The third-order valence-corrected chi connectivity index (χ3v) is 6.78. The van der Waals surface area contributed by atoms with Crippen molar-refractivity contribution in [3.05, 3.63) is 88.7 Å². The van der Waals surface area contributed by atoms with Gasteiger partial charge in [-0.05, 0) is 66.4 Å². The van der Waals surface area contributed by atoms with E-state index in [2.05, 4.69) is 9.98 Å². The van der Waals surface area contributed by atoms with Crippen molar-refractivity contribution >= 4 is 27.1 Å². The molecule has 0 aliphatic rings. The molecular formula is C23H17ClF3N3O2S. The molecule has 0 spiro atoms. The minimum atomic E-state index is -4.72. The molecule has 0 N–H and O–H groups in total. The molecule has 0 saturated heterocycles. The molecule has 0 aliphatic carbocycles. The highest BCUT2D eigenvalue weighted by Gasteiger charge is 2.32. The summed E-state index contributed by atoms with van der Waals surface area (Å²) in [6.45, 7) is 0. The summed E-state index contributed by atoms with van der Waals surface area (Å²) in [7, 11) is -4.20. The minimum Gasteiger partial charge on any atom is -0.265 e. The van der Waals surface area contributed by atoms with Gasteiger partial charge in [-0.2, -0.15) is 23.4 Å². The van der Waals surface area contributed by atoms with Gasteiger partial charge in [-0.25, -0.2) is 8.42 Å². The molecule has 0 unspecified atom stereocenters. The average molecular weight is 492 g/mol. The van der Waals surface area contributed by atoms with E-state index >= 15 is 0 Å². The Labute approximate surface area is 194 Å². The first kappa shape index (κ1) is 24.4. The monoisotopic (exact) mass is 491 g/mol. The predicted molar refractivity (Wildman–Crippen MR) is 118 cm³/mol. The van der Waals surface area contributed by atoms with Crippen molar-refractivity contribution in [2.75, 3.05) is 0 Å². The first-order valence-corrected chi connectivity index (χ1v) is 11.5. The topological polar surface area (TPSA) is 83.2 Å². The summed E-state index contributed by atoms with van der Waals surface area (Å²) >= 11 is 5.73. The lowest BCUT2D eigenvalue weighted by Crippen LogP contribution is -2.09. The molecule has 1 heterocycles. The summed E-state index contributed by atoms with van der Waals surface area (Å²) in [5, 5.41) is 8.62. The van der Waals surface area contributed by atoms with Crippen LogP contribution >= 0.6 is 11.6 Å². The van der Waals surface area contributed by atoms with E-state index in [0.717, 1.165) is 17.2 Å². The number of aryl methyl sites for hydroxylation is 1. The molecule has 0 fully saturated rings. The zero-order valence-electron chi connectivity index (χ0n) is 17.1. The van der Waals surface area contributed by atoms with Gasteiger partial charge >= 0.3 is 6.18 Å². The Hall–Kier alpha value is -3.22. The normalized spacial score (nSPS) is 12.4. The number of aliphatic imine (C=N–C) groups is 1. The Balaban J connectivity index is 1.76. The van der Waals surface area contributed by atoms with Gasteiger partial charge in [-0.3, -0.25) is 4.98 Å². The van der Waals surface area contributed by atoms with E-state index in [4.69, 9.17) is 16.9 Å². The Bertz CT molecular complexity index is 1300. The average Bonchev–Trinajstić information content (AvgIpc) is 2.77. The van der Waals surface area contributed by atoms with Crippen LogP contribution in [-0.2, 0) is 28.9 Å². The number of pyridine rings is 1. The zero-order valence-corrected chi connectivity index (χ0v) is 18.6. The number of nitrogens with zero attached hydrogens (tertiary/aromatic N) is 3. The van der Waals surface area contributed by atoms with E-state index in [1.165, 1.54) is 12.1 Å². The van der Waals surface area contributed by atoms with Crippen LogP contribution in [0.25, 0.3) is 0 Å². The molecule has 0 aliphatic heterocycles. The van der Waals surface area contributed by atoms with Crippen LogP contribution in [0.1, 0.15) is 23.1 Å². The van der Waals surface area contributed by atoms with Crippen LogP contribution in [0, 0.1) is 11.5 Å². The summed E-state index contributed by atoms with van der Waals surface area (Å²) in [6.07, 6.45) is 1.83. The van der Waals surface area contributed by atoms with Crippen LogP contribution in [0.4, 0.5) is 13.2 Å². The number of benzene rings is 2. The highest BCUT2D eigenvalue weighted by atomic mass is 35.5. The Kier molecular flexibility index (Phi) is 7.51. The van der Waals surface area contributed by atoms with Crippen LogP contribution in [0.5, 0.6) is 0 Å². The Morgan fingerprint density at radius 1 is 1.00 bits per heavy atom. The number of hydrogen-bond donors (Lipinski definition) is 0. The molecule has 3 aromatic rings. The molecule has 0 atom stereocenters. The molecule has 5 nitrogen and oxygen atoms in total. The maximum absolute atomic E-state index is 13.0. The zero-order chi connectivity index (χ0) is 24.1. The Morgan fingerprint density at radius 3 is 2.27 bits per heavy atom. The van der Waals surface area contributed by atoms with Crippen LogP contribution in [0.2, 0.25) is 5.02 Å². The van der Waals surface area contributed by atoms with Gasteiger partial charge in [0.25, 0.3) is 0 Å². The first-order valence-electron chi connectivity index (χ1n) is 9.65. The van der Waals surface area contributed by atoms with Gasteiger partial charge in [0.1, 0.15) is 0 Å². The molecule has 2 aromatic carbocycles. The molecule has 0 radical (unpaired) electrons. The summed E-state index contributed by atoms with van der Waals surface area (Å²) in [5.74, 6) is 0. The van der Waals surface area contributed by atoms with Crippen LogP contribution in [0.3, 0.4) is 0 Å². The van der Waals surface area contributed by atoms with E-state index in [1.807, 2.05) is 12.1 Å². The van der Waals surface area contributed by atoms with Gasteiger partial charge in [0.2, 0.25) is 16.0 Å². The number of alkyl halides is 3. The smallest absolute Gasteiger partial charge is 0.265 e. The molecule has 0 bridgehead atoms. The maximum Gasteiger partial charge on any atom is 0.416 e. The number of halogens is 4. The largest absolute Gasteiger partial charge is 0.416 e. The van der Waals surface area contributed by atoms with E-state index < -0.39 is 26.5 Å². The van der Waals surface area contributed by atoms with Crippen molar-refractivity contribution in [1.82, 2.24) is 4.98 Å². The highest BCUT2D eigenvalue weighted by Crippen LogP contribution is 2.34. The van der Waals surface area contributed by atoms with Gasteiger partial charge in [0.05, 0.1) is 15.4 Å². The predicted octanol–water partition coefficient (Wildman–Crippen LogP) is 5.68. The fourth-order valence-corrected chi connectivity index (χ4v) is 4.76. The number of nitriles is 1. The van der Waals surface area contributed by atoms with Crippen molar-refractivity contribution in [1.29, 1.82) is 5.26 Å². The van der Waals surface area contributed by atoms with E-state index in [0.29, 0.717) is 37.1 Å². The molecule has 1 aromatic heterocycles. The summed E-state index contributed by atoms with van der Waals surface area (Å²) in [4.78, 5) is 7.14. The fourth-order valence-electron chi connectivity index (χ4n) is 3.13. The molecule has 170 valence electrons. The van der Waals surface area contributed by atoms with Gasteiger partial charge < -0.3 is 0 Å². The van der Waals surface area contributed by atoms with Gasteiger partial charge in [-0.1, -0.05) is 23.7 Å². The van der Waals surface area contributed by atoms with E-state index in [1.54, 1.807) is 30.7 Å². The number of rotatable bonds is 7. The molecule has 0 amide bonds. The third kappa shape index (κ3) is 6.40. The molecule has 0 saturated carbocycles. The second kappa shape index (κ2) is 10.1. The minimum absolute atomic E-state index is 0.149. The van der Waals surface area contributed by atoms with Crippen LogP contribution in [-0.4, -0.2) is 19.1 Å². The summed E-state index contributed by atoms with van der Waals surface area (Å²) in [5.41, 5.74) is 1.28. The molecule has 3 rings (SSSR count). The van der Waals surface area contributed by atoms with Gasteiger partial charge in [-0.15, -0.1) is 0 Å². The highest BCUT2D eigenvalue weighted by molar-refractivity contribution is 7.91. The first-order chi connectivity index (χ1) is 15.6. The van der Waals surface area contributed by atoms with Crippen molar-refractivity contribution in [2.45, 2.75) is 35.2 Å². The third-order valence-electron chi connectivity index (χ3n) is 4.81. The number of aromatic nitrogens is 1. The molecular weight excluding hydrogens is 475 g/mol. The second-order valence-corrected chi connectivity index (χ2v) is 9.52. The standard InChI is InChI=1S/C23H17ClF3N3O2S/c24-19-12-18(23(25,26)27)13-22(14-19)33(31,32)21-5-2-16(3-6-21)1-4-20(30-15-28)11-17-7-9-29-10-8-17/h2-3,5-10,12-14H,1,4,11H2. The van der Waals surface area contributed by atoms with Crippen molar-refractivity contribution in [3.63, 3.8) is 0 Å². The lowest BCUT2D eigenvalue weighted by Gasteiger charge is -2.11. The number of hydrogen-bond acceptors (Lipinski definition) is 5. The second-order valence-electron chi connectivity index (χ2n) is 7.13. The molecule has 10 heteroatoms. The quantitative estimate of drug-likeness (QED) is 0.314. The SMILES string of the molecule is N#CN=C(CCc1ccc(S(=O)(=O)c2cc(Cl)cc(C(F)(F)F)c2)cc1)Cc1ccncc1. The maximum atomic E-state index is 13.0. The van der Waals surface area contributed by atoms with Crippen molar-refractivity contribution in [3.8, 4) is 6.19 Å². The van der Waals surface area contributed by atoms with Crippen molar-refractivity contribution < 1.29 is 21.6 Å². The molecule has 33 heavy (non-hydrogen) atoms. The summed E-state index contributed by atoms with van der Waals surface area (Å²) in [6, 6.07) is 11.7. The fraction of sp³-hybridized carbons (Fsp3) is 0.174. The number of sulfone groups is 1. The lowest BCUT2D eigenvalue weighted by molar-refractivity contribution is -0.137. The van der Waals surface area contributed by atoms with Crippen molar-refractivity contribution in [2.24, 2.45) is 4.99 Å². The Morgan fingerprint density at radius 2 is 1.67 bits per heavy atom. The van der Waals surface area contributed by atoms with E-state index in [9.17, 15) is 21.6 Å².